The van der Waals surface area contributed by atoms with Crippen LogP contribution in [-0.4, -0.2) is 11.9 Å². The molecule has 16 heavy (non-hydrogen) atoms. The van der Waals surface area contributed by atoms with Gasteiger partial charge >= 0.3 is 0 Å². The lowest BCUT2D eigenvalue weighted by Crippen LogP contribution is -2.34. The van der Waals surface area contributed by atoms with Crippen LogP contribution in [0.4, 0.5) is 0 Å². The second-order valence-electron chi connectivity index (χ2n) is 4.10. The third kappa shape index (κ3) is 3.81. The predicted octanol–water partition coefficient (Wildman–Crippen LogP) is 4.35. The lowest BCUT2D eigenvalue weighted by molar-refractivity contribution is 0.430. The van der Waals surface area contributed by atoms with Crippen LogP contribution in [0.25, 0.3) is 0 Å². The summed E-state index contributed by atoms with van der Waals surface area (Å²) in [5, 5.41) is 4.59. The Hall–Kier alpha value is 0.0500. The fraction of sp³-hybridized carbons (Fsp3) is 0.500. The van der Waals surface area contributed by atoms with Gasteiger partial charge in [0, 0.05) is 18.5 Å². The molecule has 90 valence electrons. The molecular weight excluding hydrogens is 264 g/mol. The van der Waals surface area contributed by atoms with Gasteiger partial charge in [-0.1, -0.05) is 49.2 Å². The Bertz CT molecular complexity index is 339. The van der Waals surface area contributed by atoms with E-state index in [9.17, 15) is 0 Å². The highest BCUT2D eigenvalue weighted by molar-refractivity contribution is 6.42. The second-order valence-corrected chi connectivity index (χ2v) is 5.19. The number of hydrogen-bond acceptors (Lipinski definition) is 1. The Morgan fingerprint density at radius 2 is 1.94 bits per heavy atom. The van der Waals surface area contributed by atoms with Gasteiger partial charge in [0.2, 0.25) is 0 Å². The fourth-order valence-electron chi connectivity index (χ4n) is 1.39. The summed E-state index contributed by atoms with van der Waals surface area (Å²) >= 11 is 17.9. The molecule has 0 saturated heterocycles. The van der Waals surface area contributed by atoms with Gasteiger partial charge in [-0.05, 0) is 17.5 Å². The maximum absolute atomic E-state index is 6.09. The Balaban J connectivity index is 2.64. The lowest BCUT2D eigenvalue weighted by atomic mass is 10.1. The van der Waals surface area contributed by atoms with Crippen LogP contribution in [0.15, 0.2) is 18.2 Å². The summed E-state index contributed by atoms with van der Waals surface area (Å²) in [6.07, 6.45) is 0. The molecule has 1 aromatic rings. The molecule has 1 aromatic carbocycles. The number of alkyl halides is 1. The van der Waals surface area contributed by atoms with E-state index >= 15 is 0 Å². The molecule has 0 aliphatic heterocycles. The normalized spacial score (nSPS) is 13.1. The summed E-state index contributed by atoms with van der Waals surface area (Å²) in [4.78, 5) is 0. The number of hydrogen-bond donors (Lipinski definition) is 1. The first-order chi connectivity index (χ1) is 7.56. The first kappa shape index (κ1) is 14.1. The van der Waals surface area contributed by atoms with Crippen LogP contribution in [0.2, 0.25) is 10.0 Å². The summed E-state index contributed by atoms with van der Waals surface area (Å²) in [5.41, 5.74) is 1.00. The first-order valence-corrected chi connectivity index (χ1v) is 6.57. The van der Waals surface area contributed by atoms with Crippen molar-refractivity contribution in [2.24, 2.45) is 5.92 Å². The molecule has 0 aromatic heterocycles. The van der Waals surface area contributed by atoms with Crippen molar-refractivity contribution in [3.05, 3.63) is 33.8 Å². The molecule has 0 heterocycles. The molecular formula is C12H16Cl3N. The van der Waals surface area contributed by atoms with Crippen LogP contribution in [0.3, 0.4) is 0 Å². The van der Waals surface area contributed by atoms with E-state index in [1.54, 1.807) is 6.07 Å². The Morgan fingerprint density at radius 3 is 2.50 bits per heavy atom. The van der Waals surface area contributed by atoms with Crippen molar-refractivity contribution in [1.29, 1.82) is 0 Å². The smallest absolute Gasteiger partial charge is 0.0637 e. The van der Waals surface area contributed by atoms with E-state index in [0.717, 1.165) is 5.56 Å². The van der Waals surface area contributed by atoms with Crippen LogP contribution in [0.5, 0.6) is 0 Å². The molecule has 4 heteroatoms. The Kier molecular flexibility index (Phi) is 5.91. The van der Waals surface area contributed by atoms with Gasteiger partial charge in [-0.3, -0.25) is 0 Å². The van der Waals surface area contributed by atoms with Crippen LogP contribution >= 0.6 is 34.8 Å². The van der Waals surface area contributed by atoms with Gasteiger partial charge in [-0.25, -0.2) is 0 Å². The zero-order valence-corrected chi connectivity index (χ0v) is 11.7. The molecule has 0 amide bonds. The van der Waals surface area contributed by atoms with Crippen molar-refractivity contribution < 1.29 is 0 Å². The first-order valence-electron chi connectivity index (χ1n) is 5.28. The lowest BCUT2D eigenvalue weighted by Gasteiger charge is -2.20. The summed E-state index contributed by atoms with van der Waals surface area (Å²) in [7, 11) is 0. The summed E-state index contributed by atoms with van der Waals surface area (Å²) in [6.45, 7) is 4.97. The van der Waals surface area contributed by atoms with E-state index in [-0.39, 0.29) is 6.04 Å². The highest BCUT2D eigenvalue weighted by atomic mass is 35.5. The fourth-order valence-corrected chi connectivity index (χ4v) is 2.25. The molecule has 0 bridgehead atoms. The van der Waals surface area contributed by atoms with Crippen molar-refractivity contribution >= 4 is 34.8 Å². The minimum atomic E-state index is 0.289. The van der Waals surface area contributed by atoms with Gasteiger partial charge in [0.1, 0.15) is 0 Å². The average molecular weight is 281 g/mol. The number of halogens is 3. The van der Waals surface area contributed by atoms with Gasteiger partial charge < -0.3 is 5.32 Å². The Morgan fingerprint density at radius 1 is 1.25 bits per heavy atom. The van der Waals surface area contributed by atoms with E-state index in [4.69, 9.17) is 34.8 Å². The topological polar surface area (TPSA) is 12.0 Å². The van der Waals surface area contributed by atoms with Crippen molar-refractivity contribution in [2.75, 3.05) is 5.88 Å². The number of nitrogens with one attached hydrogen (secondary N) is 1. The largest absolute Gasteiger partial charge is 0.308 e. The molecule has 0 radical (unpaired) electrons. The van der Waals surface area contributed by atoms with Crippen LogP contribution in [0, 0.1) is 5.92 Å². The van der Waals surface area contributed by atoms with Gasteiger partial charge in [0.25, 0.3) is 0 Å². The monoisotopic (exact) mass is 279 g/mol. The molecule has 0 aliphatic rings. The van der Waals surface area contributed by atoms with E-state index in [0.29, 0.717) is 28.4 Å². The average Bonchev–Trinajstić information content (AvgIpc) is 2.24. The summed E-state index contributed by atoms with van der Waals surface area (Å²) in [6, 6.07) is 5.94. The van der Waals surface area contributed by atoms with Gasteiger partial charge in [-0.2, -0.15) is 0 Å². The number of rotatable bonds is 5. The molecule has 1 rings (SSSR count). The van der Waals surface area contributed by atoms with Crippen molar-refractivity contribution in [2.45, 2.75) is 26.4 Å². The van der Waals surface area contributed by atoms with Crippen molar-refractivity contribution in [1.82, 2.24) is 5.32 Å². The molecule has 0 aliphatic carbocycles. The van der Waals surface area contributed by atoms with E-state index in [1.807, 2.05) is 12.1 Å². The maximum atomic E-state index is 6.09. The van der Waals surface area contributed by atoms with Gasteiger partial charge in [-0.15, -0.1) is 11.6 Å². The predicted molar refractivity (Wildman–Crippen MR) is 72.6 cm³/mol. The molecule has 1 N–H and O–H groups in total. The minimum Gasteiger partial charge on any atom is -0.308 e. The molecule has 1 nitrogen and oxygen atoms in total. The SMILES string of the molecule is CC(C)C(CCl)NCc1cccc(Cl)c1Cl. The standard InChI is InChI=1S/C12H16Cl3N/c1-8(2)11(6-13)16-7-9-4-3-5-10(14)12(9)15/h3-5,8,11,16H,6-7H2,1-2H3. The molecule has 0 spiro atoms. The van der Waals surface area contributed by atoms with Crippen LogP contribution in [0.1, 0.15) is 19.4 Å². The van der Waals surface area contributed by atoms with Gasteiger partial charge in [0.15, 0.2) is 0 Å². The van der Waals surface area contributed by atoms with Crippen LogP contribution < -0.4 is 5.32 Å². The maximum Gasteiger partial charge on any atom is 0.0637 e. The third-order valence-corrected chi connectivity index (χ3v) is 3.75. The van der Waals surface area contributed by atoms with E-state index in [1.165, 1.54) is 0 Å². The molecule has 0 saturated carbocycles. The van der Waals surface area contributed by atoms with Crippen molar-refractivity contribution in [3.8, 4) is 0 Å². The van der Waals surface area contributed by atoms with E-state index in [2.05, 4.69) is 19.2 Å². The zero-order chi connectivity index (χ0) is 12.1. The van der Waals surface area contributed by atoms with Crippen LogP contribution in [-0.2, 0) is 6.54 Å². The third-order valence-electron chi connectivity index (χ3n) is 2.56. The molecule has 1 atom stereocenters. The zero-order valence-electron chi connectivity index (χ0n) is 9.43. The highest BCUT2D eigenvalue weighted by Gasteiger charge is 2.12. The second kappa shape index (κ2) is 6.70. The Labute approximate surface area is 112 Å². The molecule has 1 unspecified atom stereocenters. The van der Waals surface area contributed by atoms with Gasteiger partial charge in [0.05, 0.1) is 10.0 Å². The summed E-state index contributed by atoms with van der Waals surface area (Å²) in [5.74, 6) is 1.09. The quantitative estimate of drug-likeness (QED) is 0.791. The minimum absolute atomic E-state index is 0.289. The van der Waals surface area contributed by atoms with Crippen molar-refractivity contribution in [3.63, 3.8) is 0 Å². The summed E-state index contributed by atoms with van der Waals surface area (Å²) < 4.78 is 0. The highest BCUT2D eigenvalue weighted by Crippen LogP contribution is 2.25. The van der Waals surface area contributed by atoms with E-state index < -0.39 is 0 Å². The number of benzene rings is 1. The molecule has 0 fully saturated rings.